The molecule has 0 saturated heterocycles. The van der Waals surface area contributed by atoms with Crippen molar-refractivity contribution in [3.63, 3.8) is 0 Å². The molecule has 1 aliphatic rings. The van der Waals surface area contributed by atoms with Gasteiger partial charge in [0.2, 0.25) is 0 Å². The van der Waals surface area contributed by atoms with Crippen molar-refractivity contribution in [1.29, 1.82) is 0 Å². The van der Waals surface area contributed by atoms with Gasteiger partial charge in [-0.15, -0.1) is 24.8 Å². The van der Waals surface area contributed by atoms with Gasteiger partial charge in [-0.05, 0) is 69.0 Å². The van der Waals surface area contributed by atoms with Crippen molar-refractivity contribution in [2.24, 2.45) is 5.92 Å². The van der Waals surface area contributed by atoms with Crippen molar-refractivity contribution < 1.29 is 4.74 Å². The second kappa shape index (κ2) is 12.3. The normalized spacial score (nSPS) is 20.0. The Labute approximate surface area is 182 Å². The van der Waals surface area contributed by atoms with Crippen LogP contribution in [-0.4, -0.2) is 32.1 Å². The molecule has 0 aromatic heterocycles. The van der Waals surface area contributed by atoms with E-state index in [0.717, 1.165) is 18.2 Å². The SMILES string of the molecule is COc1ccc(CNC2CCC(C(c3ccccc3)N(C)C)CC2)cc1.Cl.Cl. The van der Waals surface area contributed by atoms with Crippen LogP contribution in [0.3, 0.4) is 0 Å². The number of hydrogen-bond acceptors (Lipinski definition) is 3. The molecule has 3 nitrogen and oxygen atoms in total. The van der Waals surface area contributed by atoms with Crippen molar-refractivity contribution in [2.75, 3.05) is 21.2 Å². The molecule has 0 amide bonds. The number of methoxy groups -OCH3 is 1. The highest BCUT2D eigenvalue weighted by atomic mass is 35.5. The average Bonchev–Trinajstić information content (AvgIpc) is 2.68. The van der Waals surface area contributed by atoms with E-state index in [4.69, 9.17) is 4.74 Å². The minimum Gasteiger partial charge on any atom is -0.497 e. The van der Waals surface area contributed by atoms with Crippen LogP contribution in [0.5, 0.6) is 5.75 Å². The molecule has 28 heavy (non-hydrogen) atoms. The maximum Gasteiger partial charge on any atom is 0.118 e. The van der Waals surface area contributed by atoms with Crippen LogP contribution >= 0.6 is 24.8 Å². The van der Waals surface area contributed by atoms with Crippen molar-refractivity contribution in [3.8, 4) is 5.75 Å². The fourth-order valence-corrected chi connectivity index (χ4v) is 4.29. The lowest BCUT2D eigenvalue weighted by Crippen LogP contribution is -2.36. The molecule has 156 valence electrons. The average molecular weight is 425 g/mol. The Bertz CT molecular complexity index is 656. The van der Waals surface area contributed by atoms with Crippen LogP contribution in [0, 0.1) is 5.92 Å². The molecule has 1 atom stereocenters. The summed E-state index contributed by atoms with van der Waals surface area (Å²) in [5, 5.41) is 3.75. The first-order valence-electron chi connectivity index (χ1n) is 9.75. The van der Waals surface area contributed by atoms with E-state index < -0.39 is 0 Å². The van der Waals surface area contributed by atoms with E-state index in [1.54, 1.807) is 7.11 Å². The summed E-state index contributed by atoms with van der Waals surface area (Å²) in [7, 11) is 6.14. The Balaban J connectivity index is 0.00000196. The molecular weight excluding hydrogens is 391 g/mol. The molecule has 3 rings (SSSR count). The van der Waals surface area contributed by atoms with Gasteiger partial charge in [0, 0.05) is 18.6 Å². The maximum atomic E-state index is 5.23. The van der Waals surface area contributed by atoms with Crippen molar-refractivity contribution >= 4 is 24.8 Å². The molecule has 0 bridgehead atoms. The van der Waals surface area contributed by atoms with E-state index in [2.05, 4.69) is 66.8 Å². The van der Waals surface area contributed by atoms with E-state index in [1.807, 2.05) is 12.1 Å². The predicted molar refractivity (Wildman–Crippen MR) is 123 cm³/mol. The Morgan fingerprint density at radius 3 is 2.07 bits per heavy atom. The largest absolute Gasteiger partial charge is 0.497 e. The first kappa shape index (κ1) is 24.8. The quantitative estimate of drug-likeness (QED) is 0.635. The van der Waals surface area contributed by atoms with E-state index in [-0.39, 0.29) is 24.8 Å². The van der Waals surface area contributed by atoms with Crippen LogP contribution in [0.4, 0.5) is 0 Å². The molecule has 0 radical (unpaired) electrons. The molecule has 0 heterocycles. The number of benzene rings is 2. The summed E-state index contributed by atoms with van der Waals surface area (Å²) in [5.41, 5.74) is 2.77. The summed E-state index contributed by atoms with van der Waals surface area (Å²) in [6.45, 7) is 0.940. The lowest BCUT2D eigenvalue weighted by Gasteiger charge is -2.38. The van der Waals surface area contributed by atoms with Gasteiger partial charge in [-0.3, -0.25) is 0 Å². The molecule has 5 heteroatoms. The van der Waals surface area contributed by atoms with Gasteiger partial charge in [0.1, 0.15) is 5.75 Å². The second-order valence-electron chi connectivity index (χ2n) is 7.66. The minimum absolute atomic E-state index is 0. The smallest absolute Gasteiger partial charge is 0.118 e. The third kappa shape index (κ3) is 6.66. The number of ether oxygens (including phenoxy) is 1. The topological polar surface area (TPSA) is 24.5 Å². The minimum atomic E-state index is 0. The van der Waals surface area contributed by atoms with Gasteiger partial charge in [-0.2, -0.15) is 0 Å². The molecule has 2 aromatic carbocycles. The van der Waals surface area contributed by atoms with Crippen molar-refractivity contribution in [3.05, 3.63) is 65.7 Å². The Morgan fingerprint density at radius 2 is 1.54 bits per heavy atom. The van der Waals surface area contributed by atoms with Gasteiger partial charge in [-0.25, -0.2) is 0 Å². The van der Waals surface area contributed by atoms with Crippen LogP contribution in [0.1, 0.15) is 42.9 Å². The second-order valence-corrected chi connectivity index (χ2v) is 7.66. The summed E-state index contributed by atoms with van der Waals surface area (Å²) in [4.78, 5) is 2.39. The molecule has 1 saturated carbocycles. The molecule has 0 spiro atoms. The Kier molecular flexibility index (Phi) is 10.9. The molecule has 1 N–H and O–H groups in total. The number of nitrogens with zero attached hydrogens (tertiary/aromatic N) is 1. The van der Waals surface area contributed by atoms with Crippen molar-refractivity contribution in [2.45, 2.75) is 44.3 Å². The highest BCUT2D eigenvalue weighted by Crippen LogP contribution is 2.37. The van der Waals surface area contributed by atoms with Crippen molar-refractivity contribution in [1.82, 2.24) is 10.2 Å². The fourth-order valence-electron chi connectivity index (χ4n) is 4.29. The monoisotopic (exact) mass is 424 g/mol. The van der Waals surface area contributed by atoms with Gasteiger partial charge in [0.15, 0.2) is 0 Å². The number of rotatable bonds is 7. The highest BCUT2D eigenvalue weighted by Gasteiger charge is 2.29. The Morgan fingerprint density at radius 1 is 0.929 bits per heavy atom. The summed E-state index contributed by atoms with van der Waals surface area (Å²) < 4.78 is 5.23. The number of halogens is 2. The maximum absolute atomic E-state index is 5.23. The van der Waals surface area contributed by atoms with E-state index in [0.29, 0.717) is 12.1 Å². The lowest BCUT2D eigenvalue weighted by atomic mass is 9.78. The van der Waals surface area contributed by atoms with Crippen LogP contribution < -0.4 is 10.1 Å². The van der Waals surface area contributed by atoms with Crippen LogP contribution in [-0.2, 0) is 6.54 Å². The summed E-state index contributed by atoms with van der Waals surface area (Å²) in [6.07, 6.45) is 5.10. The summed E-state index contributed by atoms with van der Waals surface area (Å²) in [6, 6.07) is 20.5. The summed E-state index contributed by atoms with van der Waals surface area (Å²) >= 11 is 0. The van der Waals surface area contributed by atoms with Gasteiger partial charge in [-0.1, -0.05) is 42.5 Å². The van der Waals surface area contributed by atoms with Crippen LogP contribution in [0.15, 0.2) is 54.6 Å². The standard InChI is InChI=1S/C23H32N2O.2ClH/c1-25(2)23(19-7-5-4-6-8-19)20-11-13-21(14-12-20)24-17-18-9-15-22(26-3)16-10-18;;/h4-10,15-16,20-21,23-24H,11-14,17H2,1-3H3;2*1H. The zero-order valence-corrected chi connectivity index (χ0v) is 18.8. The van der Waals surface area contributed by atoms with Gasteiger partial charge in [0.25, 0.3) is 0 Å². The van der Waals surface area contributed by atoms with E-state index >= 15 is 0 Å². The highest BCUT2D eigenvalue weighted by molar-refractivity contribution is 5.85. The van der Waals surface area contributed by atoms with E-state index in [9.17, 15) is 0 Å². The first-order valence-corrected chi connectivity index (χ1v) is 9.75. The molecule has 1 fully saturated rings. The predicted octanol–water partition coefficient (Wildman–Crippen LogP) is 5.49. The molecular formula is C23H34Cl2N2O. The van der Waals surface area contributed by atoms with Gasteiger partial charge < -0.3 is 15.0 Å². The molecule has 1 unspecified atom stereocenters. The molecule has 1 aliphatic carbocycles. The lowest BCUT2D eigenvalue weighted by molar-refractivity contribution is 0.157. The van der Waals surface area contributed by atoms with Gasteiger partial charge >= 0.3 is 0 Å². The zero-order chi connectivity index (χ0) is 18.4. The van der Waals surface area contributed by atoms with E-state index in [1.165, 1.54) is 36.8 Å². The number of nitrogens with one attached hydrogen (secondary N) is 1. The third-order valence-corrected chi connectivity index (χ3v) is 5.67. The third-order valence-electron chi connectivity index (χ3n) is 5.67. The fraction of sp³-hybridized carbons (Fsp3) is 0.478. The van der Waals surface area contributed by atoms with Gasteiger partial charge in [0.05, 0.1) is 7.11 Å². The Hall–Kier alpha value is -1.26. The molecule has 2 aromatic rings. The number of hydrogen-bond donors (Lipinski definition) is 1. The summed E-state index contributed by atoms with van der Waals surface area (Å²) in [5.74, 6) is 1.66. The zero-order valence-electron chi connectivity index (χ0n) is 17.1. The first-order chi connectivity index (χ1) is 12.7. The van der Waals surface area contributed by atoms with Crippen LogP contribution in [0.2, 0.25) is 0 Å². The van der Waals surface area contributed by atoms with Crippen LogP contribution in [0.25, 0.3) is 0 Å². The molecule has 0 aliphatic heterocycles.